The van der Waals surface area contributed by atoms with Gasteiger partial charge in [-0.25, -0.2) is 4.98 Å². The van der Waals surface area contributed by atoms with Crippen molar-refractivity contribution in [2.45, 2.75) is 25.8 Å². The molecule has 0 spiro atoms. The van der Waals surface area contributed by atoms with E-state index in [1.807, 2.05) is 49.4 Å². The van der Waals surface area contributed by atoms with Crippen molar-refractivity contribution in [2.75, 3.05) is 5.32 Å². The summed E-state index contributed by atoms with van der Waals surface area (Å²) in [6.07, 6.45) is 1.57. The maximum absolute atomic E-state index is 12.7. The Kier molecular flexibility index (Phi) is 6.53. The van der Waals surface area contributed by atoms with E-state index in [2.05, 4.69) is 16.4 Å². The predicted octanol–water partition coefficient (Wildman–Crippen LogP) is 5.04. The van der Waals surface area contributed by atoms with Gasteiger partial charge >= 0.3 is 0 Å². The minimum absolute atomic E-state index is 0.100. The minimum Gasteiger partial charge on any atom is -0.326 e. The van der Waals surface area contributed by atoms with Crippen molar-refractivity contribution in [3.63, 3.8) is 0 Å². The lowest BCUT2D eigenvalue weighted by atomic mass is 9.92. The number of aromatic nitrogens is 2. The molecule has 0 aliphatic heterocycles. The van der Waals surface area contributed by atoms with E-state index in [1.165, 1.54) is 10.9 Å². The monoisotopic (exact) mass is 456 g/mol. The first-order valence-corrected chi connectivity index (χ1v) is 10.8. The highest BCUT2D eigenvalue weighted by atomic mass is 35.5. The van der Waals surface area contributed by atoms with E-state index in [0.717, 1.165) is 11.1 Å². The summed E-state index contributed by atoms with van der Waals surface area (Å²) < 4.78 is 1.44. The molecule has 6 nitrogen and oxygen atoms in total. The number of amides is 1. The van der Waals surface area contributed by atoms with Gasteiger partial charge in [-0.1, -0.05) is 60.1 Å². The molecule has 0 aliphatic carbocycles. The molecule has 0 fully saturated rings. The molecule has 1 atom stereocenters. The fraction of sp³-hybridized carbons (Fsp3) is 0.154. The second-order valence-corrected chi connectivity index (χ2v) is 8.13. The molecule has 4 aromatic rings. The van der Waals surface area contributed by atoms with Crippen LogP contribution < -0.4 is 10.9 Å². The van der Waals surface area contributed by atoms with E-state index in [1.54, 1.807) is 24.3 Å². The number of rotatable bonds is 6. The van der Waals surface area contributed by atoms with Crippen LogP contribution in [0.2, 0.25) is 5.02 Å². The fourth-order valence-electron chi connectivity index (χ4n) is 3.75. The Hall–Kier alpha value is -3.95. The quantitative estimate of drug-likeness (QED) is 0.440. The summed E-state index contributed by atoms with van der Waals surface area (Å²) in [7, 11) is 0. The van der Waals surface area contributed by atoms with Gasteiger partial charge in [0.05, 0.1) is 29.2 Å². The molecule has 1 heterocycles. The summed E-state index contributed by atoms with van der Waals surface area (Å²) in [6.45, 7) is 2.11. The van der Waals surface area contributed by atoms with Crippen molar-refractivity contribution in [3.05, 3.63) is 105 Å². The number of nitrogens with one attached hydrogen (secondary N) is 1. The van der Waals surface area contributed by atoms with Crippen LogP contribution in [0.15, 0.2) is 77.9 Å². The number of aryl methyl sites for hydroxylation is 2. The molecule has 0 saturated heterocycles. The van der Waals surface area contributed by atoms with Gasteiger partial charge in [0.1, 0.15) is 0 Å². The Balaban J connectivity index is 1.45. The van der Waals surface area contributed by atoms with Crippen LogP contribution in [0.3, 0.4) is 0 Å². The maximum atomic E-state index is 12.7. The average Bonchev–Trinajstić information content (AvgIpc) is 2.82. The number of benzene rings is 3. The van der Waals surface area contributed by atoms with E-state index in [-0.39, 0.29) is 24.4 Å². The molecular formula is C26H21ClN4O2. The molecule has 1 aromatic heterocycles. The Morgan fingerprint density at radius 2 is 1.94 bits per heavy atom. The van der Waals surface area contributed by atoms with Gasteiger partial charge in [0.25, 0.3) is 5.56 Å². The molecule has 1 unspecified atom stereocenters. The van der Waals surface area contributed by atoms with Gasteiger partial charge in [-0.15, -0.1) is 0 Å². The van der Waals surface area contributed by atoms with E-state index >= 15 is 0 Å². The number of hydrogen-bond donors (Lipinski definition) is 1. The number of nitrogens with zero attached hydrogens (tertiary/aromatic N) is 3. The minimum atomic E-state index is -0.501. The van der Waals surface area contributed by atoms with Crippen LogP contribution in [-0.2, 0) is 11.3 Å². The van der Waals surface area contributed by atoms with Crippen LogP contribution >= 0.6 is 11.6 Å². The molecule has 7 heteroatoms. The topological polar surface area (TPSA) is 87.8 Å². The van der Waals surface area contributed by atoms with E-state index in [0.29, 0.717) is 27.2 Å². The number of halogens is 1. The number of hydrogen-bond acceptors (Lipinski definition) is 4. The van der Waals surface area contributed by atoms with Gasteiger partial charge < -0.3 is 5.32 Å². The van der Waals surface area contributed by atoms with Crippen molar-refractivity contribution in [1.29, 1.82) is 5.26 Å². The van der Waals surface area contributed by atoms with E-state index in [9.17, 15) is 14.9 Å². The number of anilines is 1. The van der Waals surface area contributed by atoms with Gasteiger partial charge in [-0.2, -0.15) is 5.26 Å². The molecule has 33 heavy (non-hydrogen) atoms. The smallest absolute Gasteiger partial charge is 0.261 e. The Labute approximate surface area is 196 Å². The number of para-hydroxylation sites is 1. The third-order valence-corrected chi connectivity index (χ3v) is 5.82. The lowest BCUT2D eigenvalue weighted by molar-refractivity contribution is -0.116. The van der Waals surface area contributed by atoms with Crippen LogP contribution in [0.25, 0.3) is 10.9 Å². The van der Waals surface area contributed by atoms with Crippen molar-refractivity contribution in [2.24, 2.45) is 0 Å². The third kappa shape index (κ3) is 4.79. The van der Waals surface area contributed by atoms with Gasteiger partial charge in [0, 0.05) is 23.7 Å². The summed E-state index contributed by atoms with van der Waals surface area (Å²) in [6, 6.07) is 22.2. The zero-order chi connectivity index (χ0) is 23.4. The third-order valence-electron chi connectivity index (χ3n) is 5.49. The first kappa shape index (κ1) is 22.3. The van der Waals surface area contributed by atoms with Crippen LogP contribution in [-0.4, -0.2) is 15.5 Å². The second kappa shape index (κ2) is 9.68. The molecule has 0 aliphatic rings. The standard InChI is InChI=1S/C26H21ClN4O2/c1-17-6-5-9-21-25(17)29-16-31(26(21)33)13-12-24(32)30-19-10-11-20(23(27)14-19)22(15-28)18-7-3-2-4-8-18/h2-11,14,16,22H,12-13H2,1H3,(H,30,32). The predicted molar refractivity (Wildman–Crippen MR) is 129 cm³/mol. The second-order valence-electron chi connectivity index (χ2n) is 7.72. The summed E-state index contributed by atoms with van der Waals surface area (Å²) in [5.74, 6) is -0.755. The molecule has 1 amide bonds. The van der Waals surface area contributed by atoms with Crippen molar-refractivity contribution < 1.29 is 4.79 Å². The van der Waals surface area contributed by atoms with Crippen LogP contribution in [0.1, 0.15) is 29.0 Å². The average molecular weight is 457 g/mol. The highest BCUT2D eigenvalue weighted by Crippen LogP contribution is 2.31. The Morgan fingerprint density at radius 3 is 2.67 bits per heavy atom. The maximum Gasteiger partial charge on any atom is 0.261 e. The fourth-order valence-corrected chi connectivity index (χ4v) is 4.04. The Morgan fingerprint density at radius 1 is 1.15 bits per heavy atom. The van der Waals surface area contributed by atoms with E-state index in [4.69, 9.17) is 11.6 Å². The number of fused-ring (bicyclic) bond motifs is 1. The summed E-state index contributed by atoms with van der Waals surface area (Å²) in [5, 5.41) is 13.4. The van der Waals surface area contributed by atoms with Crippen LogP contribution in [0.4, 0.5) is 5.69 Å². The summed E-state index contributed by atoms with van der Waals surface area (Å²) in [4.78, 5) is 29.5. The number of nitriles is 1. The van der Waals surface area contributed by atoms with Crippen molar-refractivity contribution in [3.8, 4) is 6.07 Å². The first-order valence-electron chi connectivity index (χ1n) is 10.5. The summed E-state index contributed by atoms with van der Waals surface area (Å²) in [5.41, 5.74) is 3.48. The van der Waals surface area contributed by atoms with Gasteiger partial charge in [0.15, 0.2) is 0 Å². The molecule has 164 valence electrons. The SMILES string of the molecule is Cc1cccc2c(=O)n(CCC(=O)Nc3ccc(C(C#N)c4ccccc4)c(Cl)c3)cnc12. The zero-order valence-corrected chi connectivity index (χ0v) is 18.7. The molecule has 1 N–H and O–H groups in total. The van der Waals surface area contributed by atoms with Gasteiger partial charge in [-0.05, 0) is 41.8 Å². The van der Waals surface area contributed by atoms with Crippen LogP contribution in [0.5, 0.6) is 0 Å². The van der Waals surface area contributed by atoms with Crippen molar-refractivity contribution in [1.82, 2.24) is 9.55 Å². The zero-order valence-electron chi connectivity index (χ0n) is 18.0. The summed E-state index contributed by atoms with van der Waals surface area (Å²) >= 11 is 6.44. The molecular weight excluding hydrogens is 436 g/mol. The van der Waals surface area contributed by atoms with Gasteiger partial charge in [0.2, 0.25) is 5.91 Å². The number of carbonyl (C=O) groups excluding carboxylic acids is 1. The molecule has 0 bridgehead atoms. The van der Waals surface area contributed by atoms with Crippen molar-refractivity contribution >= 4 is 34.1 Å². The number of carbonyl (C=O) groups is 1. The first-order chi connectivity index (χ1) is 16.0. The lowest BCUT2D eigenvalue weighted by Crippen LogP contribution is -2.23. The van der Waals surface area contributed by atoms with Crippen LogP contribution in [0, 0.1) is 18.3 Å². The largest absolute Gasteiger partial charge is 0.326 e. The van der Waals surface area contributed by atoms with E-state index < -0.39 is 5.92 Å². The van der Waals surface area contributed by atoms with Gasteiger partial charge in [-0.3, -0.25) is 14.2 Å². The molecule has 3 aromatic carbocycles. The highest BCUT2D eigenvalue weighted by Gasteiger charge is 2.17. The molecule has 4 rings (SSSR count). The molecule has 0 radical (unpaired) electrons. The lowest BCUT2D eigenvalue weighted by Gasteiger charge is -2.14. The normalized spacial score (nSPS) is 11.7. The molecule has 0 saturated carbocycles. The highest BCUT2D eigenvalue weighted by molar-refractivity contribution is 6.31. The Bertz CT molecular complexity index is 1420.